The lowest BCUT2D eigenvalue weighted by molar-refractivity contribution is -0.154. The molecule has 2 nitrogen and oxygen atoms in total. The molecular weight excluding hydrogens is 200 g/mol. The molecule has 2 heteroatoms. The van der Waals surface area contributed by atoms with Crippen LogP contribution in [0.25, 0.3) is 0 Å². The highest BCUT2D eigenvalue weighted by molar-refractivity contribution is 5.71. The molecule has 0 heterocycles. The smallest absolute Gasteiger partial charge is 0.308 e. The number of carbonyl (C=O) groups excluding carboxylic acids is 1. The second-order valence-electron chi connectivity index (χ2n) is 5.55. The molecule has 0 radical (unpaired) electrons. The van der Waals surface area contributed by atoms with E-state index in [4.69, 9.17) is 4.74 Å². The molecule has 0 aromatic heterocycles. The first kappa shape index (κ1) is 10.1. The number of carbonyl (C=O) groups is 1. The molecule has 0 aromatic carbocycles. The van der Waals surface area contributed by atoms with Crippen LogP contribution < -0.4 is 0 Å². The van der Waals surface area contributed by atoms with Crippen LogP contribution in [0.3, 0.4) is 0 Å². The first-order valence-corrected chi connectivity index (χ1v) is 6.25. The molecule has 4 unspecified atom stereocenters. The van der Waals surface area contributed by atoms with Gasteiger partial charge in [0.2, 0.25) is 0 Å². The van der Waals surface area contributed by atoms with Gasteiger partial charge >= 0.3 is 5.97 Å². The zero-order valence-electron chi connectivity index (χ0n) is 9.85. The first-order chi connectivity index (χ1) is 7.66. The van der Waals surface area contributed by atoms with Gasteiger partial charge in [-0.15, -0.1) is 0 Å². The summed E-state index contributed by atoms with van der Waals surface area (Å²) >= 11 is 0. The van der Waals surface area contributed by atoms with Gasteiger partial charge in [-0.2, -0.15) is 0 Å². The summed E-state index contributed by atoms with van der Waals surface area (Å²) in [7, 11) is 0. The average Bonchev–Trinajstić information content (AvgIpc) is 2.87. The van der Waals surface area contributed by atoms with E-state index in [0.717, 1.165) is 12.3 Å². The summed E-state index contributed by atoms with van der Waals surface area (Å²) in [4.78, 5) is 11.6. The SMILES string of the molecule is CC(C)C(=O)OC1CC2CC1C1=CC=CC12. The summed E-state index contributed by atoms with van der Waals surface area (Å²) in [5, 5.41) is 0. The molecule has 2 saturated carbocycles. The fourth-order valence-electron chi connectivity index (χ4n) is 3.40. The van der Waals surface area contributed by atoms with Crippen LogP contribution in [0.4, 0.5) is 0 Å². The van der Waals surface area contributed by atoms with E-state index >= 15 is 0 Å². The van der Waals surface area contributed by atoms with E-state index in [1.54, 1.807) is 0 Å². The van der Waals surface area contributed by atoms with Crippen molar-refractivity contribution in [2.24, 2.45) is 23.7 Å². The fourth-order valence-corrected chi connectivity index (χ4v) is 3.40. The number of hydrogen-bond acceptors (Lipinski definition) is 2. The number of hydrogen-bond donors (Lipinski definition) is 0. The van der Waals surface area contributed by atoms with E-state index in [9.17, 15) is 4.79 Å². The van der Waals surface area contributed by atoms with Crippen LogP contribution in [0.2, 0.25) is 0 Å². The van der Waals surface area contributed by atoms with Gasteiger partial charge in [-0.25, -0.2) is 0 Å². The molecule has 3 aliphatic rings. The van der Waals surface area contributed by atoms with Gasteiger partial charge in [0.25, 0.3) is 0 Å². The Morgan fingerprint density at radius 3 is 3.00 bits per heavy atom. The van der Waals surface area contributed by atoms with Gasteiger partial charge in [0.15, 0.2) is 0 Å². The van der Waals surface area contributed by atoms with E-state index in [-0.39, 0.29) is 18.0 Å². The number of ether oxygens (including phenoxy) is 1. The minimum Gasteiger partial charge on any atom is -0.462 e. The summed E-state index contributed by atoms with van der Waals surface area (Å²) < 4.78 is 5.61. The lowest BCUT2D eigenvalue weighted by atomic mass is 9.85. The second-order valence-corrected chi connectivity index (χ2v) is 5.55. The molecule has 4 atom stereocenters. The zero-order chi connectivity index (χ0) is 11.3. The Kier molecular flexibility index (Phi) is 2.20. The third kappa shape index (κ3) is 1.35. The van der Waals surface area contributed by atoms with Gasteiger partial charge in [-0.3, -0.25) is 4.79 Å². The van der Waals surface area contributed by atoms with Crippen molar-refractivity contribution in [3.8, 4) is 0 Å². The Labute approximate surface area is 96.4 Å². The van der Waals surface area contributed by atoms with Crippen LogP contribution in [-0.4, -0.2) is 12.1 Å². The molecule has 16 heavy (non-hydrogen) atoms. The van der Waals surface area contributed by atoms with Crippen LogP contribution in [0.5, 0.6) is 0 Å². The quantitative estimate of drug-likeness (QED) is 0.666. The van der Waals surface area contributed by atoms with Crippen molar-refractivity contribution in [1.29, 1.82) is 0 Å². The monoisotopic (exact) mass is 218 g/mol. The van der Waals surface area contributed by atoms with Gasteiger partial charge in [0.1, 0.15) is 6.10 Å². The highest BCUT2D eigenvalue weighted by Crippen LogP contribution is 2.55. The molecule has 0 amide bonds. The maximum absolute atomic E-state index is 11.6. The van der Waals surface area contributed by atoms with Crippen LogP contribution in [-0.2, 0) is 9.53 Å². The van der Waals surface area contributed by atoms with Gasteiger partial charge in [-0.05, 0) is 18.8 Å². The predicted molar refractivity (Wildman–Crippen MR) is 61.6 cm³/mol. The molecule has 3 aliphatic carbocycles. The van der Waals surface area contributed by atoms with Crippen molar-refractivity contribution in [3.63, 3.8) is 0 Å². The second kappa shape index (κ2) is 3.47. The summed E-state index contributed by atoms with van der Waals surface area (Å²) in [5.74, 6) is 1.85. The maximum atomic E-state index is 11.6. The van der Waals surface area contributed by atoms with Gasteiger partial charge in [0, 0.05) is 11.8 Å². The van der Waals surface area contributed by atoms with Crippen LogP contribution >= 0.6 is 0 Å². The van der Waals surface area contributed by atoms with Gasteiger partial charge in [-0.1, -0.05) is 37.6 Å². The lowest BCUT2D eigenvalue weighted by Gasteiger charge is -2.27. The Balaban J connectivity index is 1.71. The number of rotatable bonds is 2. The minimum atomic E-state index is -0.0411. The molecule has 0 saturated heterocycles. The molecule has 2 bridgehead atoms. The molecule has 86 valence electrons. The Morgan fingerprint density at radius 2 is 2.25 bits per heavy atom. The highest BCUT2D eigenvalue weighted by Gasteiger charge is 2.50. The molecule has 2 fully saturated rings. The van der Waals surface area contributed by atoms with Gasteiger partial charge in [0.05, 0.1) is 5.92 Å². The third-order valence-corrected chi connectivity index (χ3v) is 4.21. The molecule has 0 spiro atoms. The van der Waals surface area contributed by atoms with E-state index < -0.39 is 0 Å². The minimum absolute atomic E-state index is 0.00870. The van der Waals surface area contributed by atoms with Crippen molar-refractivity contribution in [1.82, 2.24) is 0 Å². The Morgan fingerprint density at radius 1 is 1.44 bits per heavy atom. The normalized spacial score (nSPS) is 39.1. The van der Waals surface area contributed by atoms with Crippen molar-refractivity contribution in [2.45, 2.75) is 32.8 Å². The molecular formula is C14H18O2. The van der Waals surface area contributed by atoms with E-state index in [1.165, 1.54) is 12.0 Å². The molecule has 0 aromatic rings. The summed E-state index contributed by atoms with van der Waals surface area (Å²) in [6.07, 6.45) is 9.13. The maximum Gasteiger partial charge on any atom is 0.308 e. The van der Waals surface area contributed by atoms with Crippen LogP contribution in [0.1, 0.15) is 26.7 Å². The predicted octanol–water partition coefficient (Wildman–Crippen LogP) is 2.71. The molecule has 0 aliphatic heterocycles. The topological polar surface area (TPSA) is 26.3 Å². The van der Waals surface area contributed by atoms with Gasteiger partial charge < -0.3 is 4.74 Å². The fraction of sp³-hybridized carbons (Fsp3) is 0.643. The highest BCUT2D eigenvalue weighted by atomic mass is 16.5. The van der Waals surface area contributed by atoms with Crippen molar-refractivity contribution in [3.05, 3.63) is 23.8 Å². The summed E-state index contributed by atoms with van der Waals surface area (Å²) in [5.41, 5.74) is 1.51. The zero-order valence-corrected chi connectivity index (χ0v) is 9.85. The Bertz CT molecular complexity index is 378. The Hall–Kier alpha value is -1.05. The van der Waals surface area contributed by atoms with Crippen LogP contribution in [0.15, 0.2) is 23.8 Å². The number of allylic oxidation sites excluding steroid dienone is 3. The van der Waals surface area contributed by atoms with Crippen molar-refractivity contribution in [2.75, 3.05) is 0 Å². The summed E-state index contributed by atoms with van der Waals surface area (Å²) in [6, 6.07) is 0. The van der Waals surface area contributed by atoms with Crippen molar-refractivity contribution >= 4 is 5.97 Å². The van der Waals surface area contributed by atoms with E-state index in [2.05, 4.69) is 18.2 Å². The van der Waals surface area contributed by atoms with Crippen molar-refractivity contribution < 1.29 is 9.53 Å². The molecule has 0 N–H and O–H groups in total. The van der Waals surface area contributed by atoms with Crippen LogP contribution in [0, 0.1) is 23.7 Å². The largest absolute Gasteiger partial charge is 0.462 e. The number of esters is 1. The lowest BCUT2D eigenvalue weighted by Crippen LogP contribution is -2.29. The van der Waals surface area contributed by atoms with E-state index in [0.29, 0.717) is 11.8 Å². The third-order valence-electron chi connectivity index (χ3n) is 4.21. The average molecular weight is 218 g/mol. The number of fused-ring (bicyclic) bond motifs is 5. The summed E-state index contributed by atoms with van der Waals surface area (Å²) in [6.45, 7) is 3.80. The standard InChI is InChI=1S/C14H18O2/c1-8(2)14(15)16-13-7-9-6-12(13)11-5-3-4-10(9)11/h3-5,8-10,12-13H,6-7H2,1-2H3. The molecule has 3 rings (SSSR count). The first-order valence-electron chi connectivity index (χ1n) is 6.25. The van der Waals surface area contributed by atoms with E-state index in [1.807, 2.05) is 13.8 Å².